The molecule has 0 radical (unpaired) electrons. The molecule has 1 nitrogen and oxygen atoms in total. The third kappa shape index (κ3) is 3.85. The average molecular weight is 233 g/mol. The molecule has 1 rings (SSSR count). The summed E-state index contributed by atoms with van der Waals surface area (Å²) in [5.74, 6) is 1.22. The van der Waals surface area contributed by atoms with Crippen LogP contribution in [-0.2, 0) is 6.42 Å². The lowest BCUT2D eigenvalue weighted by atomic mass is 9.86. The van der Waals surface area contributed by atoms with Crippen LogP contribution in [0.3, 0.4) is 0 Å². The molecule has 0 aliphatic carbocycles. The predicted molar refractivity (Wildman–Crippen MR) is 76.5 cm³/mol. The van der Waals surface area contributed by atoms with Gasteiger partial charge < -0.3 is 5.32 Å². The quantitative estimate of drug-likeness (QED) is 0.783. The Bertz CT molecular complexity index is 313. The van der Waals surface area contributed by atoms with E-state index in [1.807, 2.05) is 0 Å². The molecule has 1 heteroatoms. The third-order valence-electron chi connectivity index (χ3n) is 3.63. The summed E-state index contributed by atoms with van der Waals surface area (Å²) < 4.78 is 0. The van der Waals surface area contributed by atoms with Gasteiger partial charge in [0.25, 0.3) is 0 Å². The van der Waals surface area contributed by atoms with Crippen molar-refractivity contribution in [3.05, 3.63) is 35.4 Å². The Morgan fingerprint density at radius 3 is 2.06 bits per heavy atom. The van der Waals surface area contributed by atoms with Gasteiger partial charge in [0.2, 0.25) is 0 Å². The smallest absolute Gasteiger partial charge is 0.0153 e. The first-order chi connectivity index (χ1) is 8.10. The number of rotatable bonds is 6. The molecule has 2 atom stereocenters. The second-order valence-electron chi connectivity index (χ2n) is 5.34. The van der Waals surface area contributed by atoms with Crippen LogP contribution in [0.4, 0.5) is 0 Å². The Balaban J connectivity index is 2.77. The summed E-state index contributed by atoms with van der Waals surface area (Å²) >= 11 is 0. The van der Waals surface area contributed by atoms with Crippen molar-refractivity contribution in [1.29, 1.82) is 0 Å². The minimum Gasteiger partial charge on any atom is -0.316 e. The first-order valence-corrected chi connectivity index (χ1v) is 6.86. The van der Waals surface area contributed by atoms with E-state index in [0.717, 1.165) is 0 Å². The molecular weight excluding hydrogens is 206 g/mol. The maximum absolute atomic E-state index is 3.44. The molecule has 0 aliphatic rings. The van der Waals surface area contributed by atoms with Gasteiger partial charge in [-0.3, -0.25) is 0 Å². The van der Waals surface area contributed by atoms with E-state index in [1.54, 1.807) is 0 Å². The molecule has 0 saturated heterocycles. The van der Waals surface area contributed by atoms with Crippen molar-refractivity contribution in [2.45, 2.75) is 52.5 Å². The van der Waals surface area contributed by atoms with Crippen LogP contribution in [0.15, 0.2) is 24.3 Å². The van der Waals surface area contributed by atoms with Gasteiger partial charge in [0.1, 0.15) is 0 Å². The zero-order valence-corrected chi connectivity index (χ0v) is 12.0. The van der Waals surface area contributed by atoms with E-state index in [1.165, 1.54) is 24.0 Å². The molecule has 0 bridgehead atoms. The minimum absolute atomic E-state index is 0.548. The van der Waals surface area contributed by atoms with Gasteiger partial charge in [0.05, 0.1) is 0 Å². The summed E-state index contributed by atoms with van der Waals surface area (Å²) in [7, 11) is 2.06. The lowest BCUT2D eigenvalue weighted by molar-refractivity contribution is 0.376. The standard InChI is InChI=1S/C16H27N/c1-6-7-14-8-10-15(11-9-14)13(4)16(17-5)12(2)3/h8-13,16-17H,6-7H2,1-5H3. The van der Waals surface area contributed by atoms with Gasteiger partial charge in [-0.1, -0.05) is 58.4 Å². The van der Waals surface area contributed by atoms with E-state index in [4.69, 9.17) is 0 Å². The highest BCUT2D eigenvalue weighted by Gasteiger charge is 2.20. The second kappa shape index (κ2) is 6.80. The van der Waals surface area contributed by atoms with Gasteiger partial charge in [-0.2, -0.15) is 0 Å². The molecule has 0 aliphatic heterocycles. The predicted octanol–water partition coefficient (Wildman–Crippen LogP) is 3.99. The highest BCUT2D eigenvalue weighted by molar-refractivity contribution is 5.26. The van der Waals surface area contributed by atoms with E-state index in [2.05, 4.69) is 64.3 Å². The van der Waals surface area contributed by atoms with Crippen molar-refractivity contribution in [3.63, 3.8) is 0 Å². The van der Waals surface area contributed by atoms with Gasteiger partial charge in [0, 0.05) is 6.04 Å². The van der Waals surface area contributed by atoms with Crippen molar-refractivity contribution >= 4 is 0 Å². The Morgan fingerprint density at radius 2 is 1.65 bits per heavy atom. The highest BCUT2D eigenvalue weighted by Crippen LogP contribution is 2.24. The van der Waals surface area contributed by atoms with Crippen LogP contribution in [0.1, 0.15) is 51.2 Å². The topological polar surface area (TPSA) is 12.0 Å². The lowest BCUT2D eigenvalue weighted by Crippen LogP contribution is -2.35. The molecule has 1 N–H and O–H groups in total. The molecule has 0 spiro atoms. The van der Waals surface area contributed by atoms with Gasteiger partial charge >= 0.3 is 0 Å². The number of hydrogen-bond donors (Lipinski definition) is 1. The summed E-state index contributed by atoms with van der Waals surface area (Å²) in [6, 6.07) is 9.70. The van der Waals surface area contributed by atoms with Crippen LogP contribution in [0.2, 0.25) is 0 Å². The fourth-order valence-electron chi connectivity index (χ4n) is 2.64. The molecule has 0 fully saturated rings. The van der Waals surface area contributed by atoms with Crippen LogP contribution >= 0.6 is 0 Å². The Morgan fingerprint density at radius 1 is 1.06 bits per heavy atom. The molecule has 0 heterocycles. The molecule has 2 unspecified atom stereocenters. The van der Waals surface area contributed by atoms with Gasteiger partial charge in [-0.05, 0) is 36.4 Å². The summed E-state index contributed by atoms with van der Waals surface area (Å²) in [6.07, 6.45) is 2.41. The van der Waals surface area contributed by atoms with E-state index >= 15 is 0 Å². The monoisotopic (exact) mass is 233 g/mol. The van der Waals surface area contributed by atoms with Crippen molar-refractivity contribution in [3.8, 4) is 0 Å². The van der Waals surface area contributed by atoms with E-state index < -0.39 is 0 Å². The van der Waals surface area contributed by atoms with Crippen molar-refractivity contribution in [2.24, 2.45) is 5.92 Å². The summed E-state index contributed by atoms with van der Waals surface area (Å²) in [5.41, 5.74) is 2.90. The van der Waals surface area contributed by atoms with Gasteiger partial charge in [-0.25, -0.2) is 0 Å². The number of benzene rings is 1. The number of aryl methyl sites for hydroxylation is 1. The molecule has 0 aromatic heterocycles. The molecule has 0 saturated carbocycles. The fourth-order valence-corrected chi connectivity index (χ4v) is 2.64. The minimum atomic E-state index is 0.548. The van der Waals surface area contributed by atoms with Gasteiger partial charge in [0.15, 0.2) is 0 Å². The Hall–Kier alpha value is -0.820. The molecule has 1 aromatic carbocycles. The largest absolute Gasteiger partial charge is 0.316 e. The Kier molecular flexibility index (Phi) is 5.70. The third-order valence-corrected chi connectivity index (χ3v) is 3.63. The number of hydrogen-bond acceptors (Lipinski definition) is 1. The summed E-state index contributed by atoms with van der Waals surface area (Å²) in [6.45, 7) is 9.11. The molecular formula is C16H27N. The van der Waals surface area contributed by atoms with Crippen molar-refractivity contribution in [2.75, 3.05) is 7.05 Å². The van der Waals surface area contributed by atoms with Crippen LogP contribution in [-0.4, -0.2) is 13.1 Å². The van der Waals surface area contributed by atoms with E-state index in [0.29, 0.717) is 17.9 Å². The van der Waals surface area contributed by atoms with Crippen molar-refractivity contribution < 1.29 is 0 Å². The van der Waals surface area contributed by atoms with Crippen LogP contribution in [0.5, 0.6) is 0 Å². The first-order valence-electron chi connectivity index (χ1n) is 6.86. The molecule has 0 amide bonds. The molecule has 1 aromatic rings. The zero-order chi connectivity index (χ0) is 12.8. The van der Waals surface area contributed by atoms with Crippen LogP contribution in [0.25, 0.3) is 0 Å². The van der Waals surface area contributed by atoms with Gasteiger partial charge in [-0.15, -0.1) is 0 Å². The molecule has 17 heavy (non-hydrogen) atoms. The summed E-state index contributed by atoms with van der Waals surface area (Å²) in [5, 5.41) is 3.44. The average Bonchev–Trinajstić information content (AvgIpc) is 2.30. The second-order valence-corrected chi connectivity index (χ2v) is 5.34. The SMILES string of the molecule is CCCc1ccc(C(C)C(NC)C(C)C)cc1. The number of nitrogens with one attached hydrogen (secondary N) is 1. The number of likely N-dealkylation sites (N-methyl/N-ethyl adjacent to an activating group) is 1. The fraction of sp³-hybridized carbons (Fsp3) is 0.625. The van der Waals surface area contributed by atoms with Crippen LogP contribution < -0.4 is 5.32 Å². The Labute approximate surface area is 107 Å². The summed E-state index contributed by atoms with van der Waals surface area (Å²) in [4.78, 5) is 0. The zero-order valence-electron chi connectivity index (χ0n) is 12.0. The highest BCUT2D eigenvalue weighted by atomic mass is 14.9. The molecule has 96 valence electrons. The normalized spacial score (nSPS) is 14.9. The van der Waals surface area contributed by atoms with E-state index in [-0.39, 0.29) is 0 Å². The van der Waals surface area contributed by atoms with Crippen LogP contribution in [0, 0.1) is 5.92 Å². The maximum atomic E-state index is 3.44. The van der Waals surface area contributed by atoms with Crippen molar-refractivity contribution in [1.82, 2.24) is 5.32 Å². The first kappa shape index (κ1) is 14.2. The maximum Gasteiger partial charge on any atom is 0.0153 e. The van der Waals surface area contributed by atoms with E-state index in [9.17, 15) is 0 Å². The lowest BCUT2D eigenvalue weighted by Gasteiger charge is -2.27.